The number of carbonyl (C=O) groups excluding carboxylic acids is 1. The first-order valence-corrected chi connectivity index (χ1v) is 11.8. The van der Waals surface area contributed by atoms with Gasteiger partial charge in [0.2, 0.25) is 15.9 Å². The lowest BCUT2D eigenvalue weighted by Gasteiger charge is -2.33. The zero-order chi connectivity index (χ0) is 21.7. The van der Waals surface area contributed by atoms with Gasteiger partial charge in [-0.15, -0.1) is 0 Å². The number of aromatic nitrogens is 1. The number of benzene rings is 1. The molecule has 2 heterocycles. The Hall–Kier alpha value is -2.34. The van der Waals surface area contributed by atoms with Crippen LogP contribution in [0, 0.1) is 17.2 Å². The molecule has 0 spiro atoms. The van der Waals surface area contributed by atoms with Gasteiger partial charge in [0.1, 0.15) is 17.8 Å². The predicted octanol–water partition coefficient (Wildman–Crippen LogP) is 3.01. The molecule has 9 heteroatoms. The van der Waals surface area contributed by atoms with E-state index in [1.54, 1.807) is 39.9 Å². The Bertz CT molecular complexity index is 1040. The molecule has 7 nitrogen and oxygen atoms in total. The van der Waals surface area contributed by atoms with Crippen molar-refractivity contribution in [2.24, 2.45) is 5.92 Å². The molecular formula is C21H25ClN4O3S. The number of halogens is 1. The van der Waals surface area contributed by atoms with Crippen LogP contribution in [-0.4, -0.2) is 42.9 Å². The molecule has 1 saturated heterocycles. The summed E-state index contributed by atoms with van der Waals surface area (Å²) in [6.45, 7) is 3.72. The Labute approximate surface area is 182 Å². The number of piperidine rings is 1. The minimum atomic E-state index is -3.94. The molecular weight excluding hydrogens is 424 g/mol. The molecule has 1 aromatic heterocycles. The third-order valence-corrected chi connectivity index (χ3v) is 7.10. The van der Waals surface area contributed by atoms with Crippen molar-refractivity contribution in [3.8, 4) is 6.07 Å². The molecule has 0 aliphatic carbocycles. The first-order valence-electron chi connectivity index (χ1n) is 9.92. The highest BCUT2D eigenvalue weighted by atomic mass is 35.5. The van der Waals surface area contributed by atoms with E-state index in [1.807, 2.05) is 0 Å². The number of aryl methyl sites for hydroxylation is 1. The number of nitriles is 1. The van der Waals surface area contributed by atoms with Gasteiger partial charge in [0.25, 0.3) is 0 Å². The monoisotopic (exact) mass is 448 g/mol. The second-order valence-electron chi connectivity index (χ2n) is 7.63. The lowest BCUT2D eigenvalue weighted by molar-refractivity contribution is -0.134. The Morgan fingerprint density at radius 3 is 2.70 bits per heavy atom. The smallest absolute Gasteiger partial charge is 0.241 e. The van der Waals surface area contributed by atoms with E-state index < -0.39 is 16.1 Å². The van der Waals surface area contributed by atoms with E-state index in [2.05, 4.69) is 17.7 Å². The molecule has 1 aliphatic rings. The highest BCUT2D eigenvalue weighted by molar-refractivity contribution is 7.89. The molecule has 160 valence electrons. The van der Waals surface area contributed by atoms with Crippen molar-refractivity contribution in [3.05, 3.63) is 53.3 Å². The molecule has 2 aromatic rings. The third kappa shape index (κ3) is 5.42. The molecule has 1 atom stereocenters. The van der Waals surface area contributed by atoms with Gasteiger partial charge < -0.3 is 9.47 Å². The van der Waals surface area contributed by atoms with Gasteiger partial charge in [-0.2, -0.15) is 9.98 Å². The van der Waals surface area contributed by atoms with Crippen molar-refractivity contribution in [1.82, 2.24) is 14.2 Å². The van der Waals surface area contributed by atoms with E-state index in [-0.39, 0.29) is 17.2 Å². The van der Waals surface area contributed by atoms with E-state index in [4.69, 9.17) is 11.6 Å². The number of rotatable bonds is 7. The van der Waals surface area contributed by atoms with E-state index >= 15 is 0 Å². The van der Waals surface area contributed by atoms with Gasteiger partial charge in [-0.1, -0.05) is 24.6 Å². The fourth-order valence-corrected chi connectivity index (χ4v) is 5.07. The standard InChI is InChI=1S/C21H25ClN4O3S/c1-16-7-11-26(12-8-16)21(27)20(9-13-25-10-3-5-18(25)15-23)24-30(28,29)19-6-2-4-17(22)14-19/h2-6,10,14,16,20,24H,7-9,11-13H2,1H3. The van der Waals surface area contributed by atoms with Crippen molar-refractivity contribution in [3.63, 3.8) is 0 Å². The minimum Gasteiger partial charge on any atom is -0.341 e. The summed E-state index contributed by atoms with van der Waals surface area (Å²) in [6, 6.07) is 10.5. The van der Waals surface area contributed by atoms with Crippen LogP contribution >= 0.6 is 11.6 Å². The molecule has 0 radical (unpaired) electrons. The predicted molar refractivity (Wildman–Crippen MR) is 114 cm³/mol. The van der Waals surface area contributed by atoms with Crippen molar-refractivity contribution >= 4 is 27.5 Å². The number of hydrogen-bond acceptors (Lipinski definition) is 4. The molecule has 1 unspecified atom stereocenters. The maximum absolute atomic E-state index is 13.2. The highest BCUT2D eigenvalue weighted by Crippen LogP contribution is 2.20. The van der Waals surface area contributed by atoms with E-state index in [9.17, 15) is 18.5 Å². The summed E-state index contributed by atoms with van der Waals surface area (Å²) in [5.41, 5.74) is 0.464. The third-order valence-electron chi connectivity index (χ3n) is 5.40. The van der Waals surface area contributed by atoms with Gasteiger partial charge in [0, 0.05) is 30.9 Å². The summed E-state index contributed by atoms with van der Waals surface area (Å²) in [5.74, 6) is 0.312. The average molecular weight is 449 g/mol. The molecule has 1 aliphatic heterocycles. The number of sulfonamides is 1. The van der Waals surface area contributed by atoms with Gasteiger partial charge in [0.15, 0.2) is 0 Å². The molecule has 0 bridgehead atoms. The number of amides is 1. The van der Waals surface area contributed by atoms with Crippen molar-refractivity contribution in [2.45, 2.75) is 43.7 Å². The SMILES string of the molecule is CC1CCN(C(=O)C(CCn2cccc2C#N)NS(=O)(=O)c2cccc(Cl)c2)CC1. The normalized spacial score (nSPS) is 16.2. The first-order chi connectivity index (χ1) is 14.3. The molecule has 1 fully saturated rings. The summed E-state index contributed by atoms with van der Waals surface area (Å²) in [6.07, 6.45) is 3.77. The Morgan fingerprint density at radius 2 is 2.03 bits per heavy atom. The summed E-state index contributed by atoms with van der Waals surface area (Å²) in [5, 5.41) is 9.50. The maximum Gasteiger partial charge on any atom is 0.241 e. The molecule has 3 rings (SSSR count). The largest absolute Gasteiger partial charge is 0.341 e. The van der Waals surface area contributed by atoms with Crippen LogP contribution in [0.15, 0.2) is 47.5 Å². The number of nitrogens with zero attached hydrogens (tertiary/aromatic N) is 3. The first kappa shape index (κ1) is 22.3. The van der Waals surface area contributed by atoms with Crippen LogP contribution in [0.1, 0.15) is 31.9 Å². The van der Waals surface area contributed by atoms with Gasteiger partial charge in [-0.05, 0) is 55.5 Å². The van der Waals surface area contributed by atoms with Crippen LogP contribution in [0.2, 0.25) is 5.02 Å². The molecule has 0 saturated carbocycles. The van der Waals surface area contributed by atoms with E-state index in [0.717, 1.165) is 12.8 Å². The van der Waals surface area contributed by atoms with Crippen molar-refractivity contribution in [1.29, 1.82) is 5.26 Å². The molecule has 1 amide bonds. The molecule has 1 N–H and O–H groups in total. The van der Waals surface area contributed by atoms with Crippen LogP contribution in [0.5, 0.6) is 0 Å². The number of hydrogen-bond donors (Lipinski definition) is 1. The van der Waals surface area contributed by atoms with Gasteiger partial charge in [-0.3, -0.25) is 4.79 Å². The minimum absolute atomic E-state index is 0.0127. The zero-order valence-corrected chi connectivity index (χ0v) is 18.4. The van der Waals surface area contributed by atoms with E-state index in [1.165, 1.54) is 12.1 Å². The fraction of sp³-hybridized carbons (Fsp3) is 0.429. The molecule has 30 heavy (non-hydrogen) atoms. The van der Waals surface area contributed by atoms with Gasteiger partial charge in [0.05, 0.1) is 4.90 Å². The number of carbonyl (C=O) groups is 1. The van der Waals surface area contributed by atoms with Crippen LogP contribution in [-0.2, 0) is 21.4 Å². The van der Waals surface area contributed by atoms with Gasteiger partial charge >= 0.3 is 0 Å². The lowest BCUT2D eigenvalue weighted by atomic mass is 9.98. The Morgan fingerprint density at radius 1 is 1.30 bits per heavy atom. The van der Waals surface area contributed by atoms with Gasteiger partial charge in [-0.25, -0.2) is 8.42 Å². The van der Waals surface area contributed by atoms with Crippen molar-refractivity contribution in [2.75, 3.05) is 13.1 Å². The Kier molecular flexibility index (Phi) is 7.19. The summed E-state index contributed by atoms with van der Waals surface area (Å²) in [7, 11) is -3.94. The number of nitrogens with one attached hydrogen (secondary N) is 1. The topological polar surface area (TPSA) is 95.2 Å². The maximum atomic E-state index is 13.2. The van der Waals surface area contributed by atoms with Crippen molar-refractivity contribution < 1.29 is 13.2 Å². The van der Waals surface area contributed by atoms with Crippen LogP contribution < -0.4 is 4.72 Å². The quantitative estimate of drug-likeness (QED) is 0.704. The van der Waals surface area contributed by atoms with Crippen LogP contribution in [0.4, 0.5) is 0 Å². The van der Waals surface area contributed by atoms with E-state index in [0.29, 0.717) is 36.3 Å². The summed E-state index contributed by atoms with van der Waals surface area (Å²) >= 11 is 5.95. The average Bonchev–Trinajstić information content (AvgIpc) is 3.18. The fourth-order valence-electron chi connectivity index (χ4n) is 3.55. The second kappa shape index (κ2) is 9.65. The lowest BCUT2D eigenvalue weighted by Crippen LogP contribution is -2.50. The highest BCUT2D eigenvalue weighted by Gasteiger charge is 2.31. The van der Waals surface area contributed by atoms with Crippen LogP contribution in [0.3, 0.4) is 0 Å². The zero-order valence-electron chi connectivity index (χ0n) is 16.8. The number of likely N-dealkylation sites (tertiary alicyclic amines) is 1. The van der Waals surface area contributed by atoms with Crippen LogP contribution in [0.25, 0.3) is 0 Å². The molecule has 1 aromatic carbocycles. The second-order valence-corrected chi connectivity index (χ2v) is 9.78. The Balaban J connectivity index is 1.81. The summed E-state index contributed by atoms with van der Waals surface area (Å²) < 4.78 is 30.1. The summed E-state index contributed by atoms with van der Waals surface area (Å²) in [4.78, 5) is 14.9.